The minimum atomic E-state index is 0.223. The molecule has 0 saturated carbocycles. The van der Waals surface area contributed by atoms with Gasteiger partial charge in [-0.3, -0.25) is 0 Å². The summed E-state index contributed by atoms with van der Waals surface area (Å²) in [4.78, 5) is 0. The third-order valence-corrected chi connectivity index (χ3v) is 2.91. The number of phenolic OH excluding ortho intramolecular Hbond substituents is 1. The van der Waals surface area contributed by atoms with E-state index in [1.807, 2.05) is 19.1 Å². The highest BCUT2D eigenvalue weighted by Gasteiger charge is 2.15. The lowest BCUT2D eigenvalue weighted by Crippen LogP contribution is -2.25. The summed E-state index contributed by atoms with van der Waals surface area (Å²) >= 11 is 0. The van der Waals surface area contributed by atoms with Gasteiger partial charge in [-0.1, -0.05) is 13.0 Å². The zero-order valence-corrected chi connectivity index (χ0v) is 9.61. The topological polar surface area (TPSA) is 38.7 Å². The molecule has 88 valence electrons. The van der Waals surface area contributed by atoms with Crippen LogP contribution >= 0.6 is 0 Å². The third-order valence-electron chi connectivity index (χ3n) is 2.91. The number of hydrogen-bond acceptors (Lipinski definition) is 3. The van der Waals surface area contributed by atoms with Gasteiger partial charge in [-0.05, 0) is 18.1 Å². The molecular weight excluding hydrogens is 204 g/mol. The maximum atomic E-state index is 9.72. The highest BCUT2D eigenvalue weighted by molar-refractivity contribution is 5.39. The molecule has 0 atom stereocenters. The van der Waals surface area contributed by atoms with Crippen LogP contribution in [0.25, 0.3) is 0 Å². The Hall–Kier alpha value is -1.22. The Morgan fingerprint density at radius 2 is 2.12 bits per heavy atom. The lowest BCUT2D eigenvalue weighted by atomic mass is 10.1. The predicted molar refractivity (Wildman–Crippen MR) is 62.0 cm³/mol. The Bertz CT molecular complexity index is 343. The van der Waals surface area contributed by atoms with E-state index >= 15 is 0 Å². The minimum Gasteiger partial charge on any atom is -0.508 e. The molecule has 2 rings (SSSR count). The molecule has 0 radical (unpaired) electrons. The molecule has 0 spiro atoms. The summed E-state index contributed by atoms with van der Waals surface area (Å²) in [5.74, 6) is 1.08. The second-order valence-corrected chi connectivity index (χ2v) is 4.07. The SMILES string of the molecule is CCc1ccc(OC2CCOCC2)cc1O. The molecule has 1 aromatic carbocycles. The highest BCUT2D eigenvalue weighted by Crippen LogP contribution is 2.26. The normalized spacial score (nSPS) is 17.3. The van der Waals surface area contributed by atoms with Gasteiger partial charge in [0.15, 0.2) is 0 Å². The summed E-state index contributed by atoms with van der Waals surface area (Å²) in [6.45, 7) is 3.56. The number of hydrogen-bond donors (Lipinski definition) is 1. The number of aromatic hydroxyl groups is 1. The van der Waals surface area contributed by atoms with Crippen LogP contribution in [0.1, 0.15) is 25.3 Å². The van der Waals surface area contributed by atoms with Crippen LogP contribution in [0.5, 0.6) is 11.5 Å². The standard InChI is InChI=1S/C13H18O3/c1-2-10-3-4-12(9-13(10)14)16-11-5-7-15-8-6-11/h3-4,9,11,14H,2,5-8H2,1H3. The molecule has 0 amide bonds. The quantitative estimate of drug-likeness (QED) is 0.854. The van der Waals surface area contributed by atoms with E-state index in [1.54, 1.807) is 6.07 Å². The average Bonchev–Trinajstić information content (AvgIpc) is 2.31. The third kappa shape index (κ3) is 2.67. The van der Waals surface area contributed by atoms with Gasteiger partial charge in [0.2, 0.25) is 0 Å². The first kappa shape index (κ1) is 11.3. The van der Waals surface area contributed by atoms with Crippen LogP contribution in [0.4, 0.5) is 0 Å². The van der Waals surface area contributed by atoms with Gasteiger partial charge in [-0.15, -0.1) is 0 Å². The molecule has 0 aliphatic carbocycles. The largest absolute Gasteiger partial charge is 0.508 e. The molecule has 16 heavy (non-hydrogen) atoms. The van der Waals surface area contributed by atoms with Crippen molar-refractivity contribution >= 4 is 0 Å². The van der Waals surface area contributed by atoms with Crippen LogP contribution in [-0.4, -0.2) is 24.4 Å². The van der Waals surface area contributed by atoms with E-state index in [9.17, 15) is 5.11 Å². The zero-order valence-electron chi connectivity index (χ0n) is 9.61. The van der Waals surface area contributed by atoms with Crippen LogP contribution in [0.15, 0.2) is 18.2 Å². The van der Waals surface area contributed by atoms with Gasteiger partial charge in [0.1, 0.15) is 17.6 Å². The fourth-order valence-corrected chi connectivity index (χ4v) is 1.90. The van der Waals surface area contributed by atoms with Crippen molar-refractivity contribution in [3.63, 3.8) is 0 Å². The van der Waals surface area contributed by atoms with Crippen molar-refractivity contribution in [2.75, 3.05) is 13.2 Å². The van der Waals surface area contributed by atoms with Crippen molar-refractivity contribution in [2.24, 2.45) is 0 Å². The van der Waals surface area contributed by atoms with Gasteiger partial charge in [-0.25, -0.2) is 0 Å². The second-order valence-electron chi connectivity index (χ2n) is 4.07. The summed E-state index contributed by atoms with van der Waals surface area (Å²) in [7, 11) is 0. The van der Waals surface area contributed by atoms with Crippen LogP contribution < -0.4 is 4.74 Å². The van der Waals surface area contributed by atoms with Gasteiger partial charge in [0.25, 0.3) is 0 Å². The van der Waals surface area contributed by atoms with Crippen molar-refractivity contribution in [3.05, 3.63) is 23.8 Å². The van der Waals surface area contributed by atoms with E-state index in [2.05, 4.69) is 0 Å². The van der Waals surface area contributed by atoms with E-state index in [1.165, 1.54) is 0 Å². The van der Waals surface area contributed by atoms with E-state index in [4.69, 9.17) is 9.47 Å². The first-order valence-electron chi connectivity index (χ1n) is 5.86. The maximum absolute atomic E-state index is 9.72. The molecule has 3 heteroatoms. The van der Waals surface area contributed by atoms with Gasteiger partial charge in [-0.2, -0.15) is 0 Å². The summed E-state index contributed by atoms with van der Waals surface area (Å²) in [6.07, 6.45) is 2.91. The van der Waals surface area contributed by atoms with Crippen molar-refractivity contribution in [1.29, 1.82) is 0 Å². The number of phenols is 1. The number of aryl methyl sites for hydroxylation is 1. The second kappa shape index (κ2) is 5.21. The van der Waals surface area contributed by atoms with Crippen molar-refractivity contribution in [1.82, 2.24) is 0 Å². The van der Waals surface area contributed by atoms with E-state index in [0.29, 0.717) is 5.75 Å². The predicted octanol–water partition coefficient (Wildman–Crippen LogP) is 2.51. The Kier molecular flexibility index (Phi) is 3.67. The molecule has 0 aromatic heterocycles. The van der Waals surface area contributed by atoms with Gasteiger partial charge < -0.3 is 14.6 Å². The van der Waals surface area contributed by atoms with Crippen LogP contribution in [-0.2, 0) is 11.2 Å². The molecule has 3 nitrogen and oxygen atoms in total. The lowest BCUT2D eigenvalue weighted by molar-refractivity contribution is 0.0255. The molecule has 1 saturated heterocycles. The monoisotopic (exact) mass is 222 g/mol. The first-order valence-corrected chi connectivity index (χ1v) is 5.86. The van der Waals surface area contributed by atoms with Gasteiger partial charge >= 0.3 is 0 Å². The number of ether oxygens (including phenoxy) is 2. The summed E-state index contributed by atoms with van der Waals surface area (Å²) in [6, 6.07) is 5.55. The van der Waals surface area contributed by atoms with Crippen LogP contribution in [0.3, 0.4) is 0 Å². The Morgan fingerprint density at radius 1 is 1.38 bits per heavy atom. The zero-order chi connectivity index (χ0) is 11.4. The maximum Gasteiger partial charge on any atom is 0.123 e. The van der Waals surface area contributed by atoms with E-state index in [0.717, 1.165) is 43.8 Å². The average molecular weight is 222 g/mol. The summed E-state index contributed by atoms with van der Waals surface area (Å²) < 4.78 is 11.1. The molecule has 0 bridgehead atoms. The first-order chi connectivity index (χ1) is 7.79. The van der Waals surface area contributed by atoms with Gasteiger partial charge in [0.05, 0.1) is 13.2 Å². The number of rotatable bonds is 3. The smallest absolute Gasteiger partial charge is 0.123 e. The fraction of sp³-hybridized carbons (Fsp3) is 0.538. The Balaban J connectivity index is 2.01. The van der Waals surface area contributed by atoms with E-state index in [-0.39, 0.29) is 6.10 Å². The molecule has 1 aliphatic heterocycles. The lowest BCUT2D eigenvalue weighted by Gasteiger charge is -2.23. The fourth-order valence-electron chi connectivity index (χ4n) is 1.90. The summed E-state index contributed by atoms with van der Waals surface area (Å²) in [5, 5.41) is 9.72. The van der Waals surface area contributed by atoms with Crippen molar-refractivity contribution < 1.29 is 14.6 Å². The van der Waals surface area contributed by atoms with E-state index < -0.39 is 0 Å². The van der Waals surface area contributed by atoms with Crippen molar-refractivity contribution in [3.8, 4) is 11.5 Å². The van der Waals surface area contributed by atoms with Gasteiger partial charge in [0, 0.05) is 18.9 Å². The molecule has 0 unspecified atom stereocenters. The number of benzene rings is 1. The van der Waals surface area contributed by atoms with Crippen LogP contribution in [0.2, 0.25) is 0 Å². The highest BCUT2D eigenvalue weighted by atomic mass is 16.5. The summed E-state index contributed by atoms with van der Waals surface area (Å²) in [5.41, 5.74) is 0.958. The molecular formula is C13H18O3. The van der Waals surface area contributed by atoms with Crippen LogP contribution in [0, 0.1) is 0 Å². The molecule has 1 fully saturated rings. The molecule has 1 aromatic rings. The Labute approximate surface area is 96.0 Å². The van der Waals surface area contributed by atoms with Crippen molar-refractivity contribution in [2.45, 2.75) is 32.3 Å². The molecule has 1 N–H and O–H groups in total. The minimum absolute atomic E-state index is 0.223. The Morgan fingerprint density at radius 3 is 2.75 bits per heavy atom. The molecule has 1 heterocycles. The molecule has 1 aliphatic rings.